The predicted molar refractivity (Wildman–Crippen MR) is 102 cm³/mol. The number of hydrogen-bond acceptors (Lipinski definition) is 5. The molecule has 26 heavy (non-hydrogen) atoms. The number of imide groups is 1. The molecule has 1 aromatic rings. The highest BCUT2D eigenvalue weighted by Gasteiger charge is 2.43. The van der Waals surface area contributed by atoms with Crippen molar-refractivity contribution >= 4 is 29.7 Å². The molecule has 144 valence electrons. The van der Waals surface area contributed by atoms with Crippen LogP contribution < -0.4 is 10.6 Å². The van der Waals surface area contributed by atoms with Crippen LogP contribution in [0, 0.1) is 0 Å². The average molecular weight is 363 g/mol. The molecular formula is C19H29N3O4. The summed E-state index contributed by atoms with van der Waals surface area (Å²) in [5.41, 5.74) is 1.05. The number of aldehydes is 1. The Morgan fingerprint density at radius 2 is 1.73 bits per heavy atom. The van der Waals surface area contributed by atoms with Crippen LogP contribution in [-0.4, -0.2) is 49.0 Å². The van der Waals surface area contributed by atoms with E-state index in [1.807, 2.05) is 27.7 Å². The van der Waals surface area contributed by atoms with Crippen molar-refractivity contribution in [2.75, 3.05) is 19.4 Å². The third-order valence-electron chi connectivity index (χ3n) is 3.63. The molecule has 0 saturated heterocycles. The van der Waals surface area contributed by atoms with E-state index in [4.69, 9.17) is 0 Å². The maximum absolute atomic E-state index is 12.6. The van der Waals surface area contributed by atoms with Crippen LogP contribution in [0.2, 0.25) is 0 Å². The third-order valence-corrected chi connectivity index (χ3v) is 3.63. The van der Waals surface area contributed by atoms with Crippen molar-refractivity contribution in [1.82, 2.24) is 10.2 Å². The number of anilines is 1. The van der Waals surface area contributed by atoms with E-state index in [0.717, 1.165) is 4.90 Å². The number of fused-ring (bicyclic) bond motifs is 1. The van der Waals surface area contributed by atoms with Crippen molar-refractivity contribution in [3.8, 4) is 0 Å². The molecule has 1 aromatic carbocycles. The van der Waals surface area contributed by atoms with E-state index in [-0.39, 0.29) is 24.0 Å². The lowest BCUT2D eigenvalue weighted by Gasteiger charge is -2.24. The van der Waals surface area contributed by atoms with Crippen molar-refractivity contribution in [3.05, 3.63) is 29.3 Å². The van der Waals surface area contributed by atoms with Gasteiger partial charge in [0.1, 0.15) is 12.3 Å². The second-order valence-corrected chi connectivity index (χ2v) is 4.83. The van der Waals surface area contributed by atoms with Gasteiger partial charge in [0.05, 0.1) is 11.1 Å². The fourth-order valence-corrected chi connectivity index (χ4v) is 2.56. The molecule has 1 aliphatic heterocycles. The summed E-state index contributed by atoms with van der Waals surface area (Å²) in [6.07, 6.45) is 0.848. The minimum Gasteiger partial charge on any atom is -0.387 e. The second kappa shape index (κ2) is 11.8. The summed E-state index contributed by atoms with van der Waals surface area (Å²) in [5, 5.41) is 5.30. The van der Waals surface area contributed by atoms with Gasteiger partial charge in [-0.2, -0.15) is 0 Å². The van der Waals surface area contributed by atoms with Gasteiger partial charge >= 0.3 is 0 Å². The van der Waals surface area contributed by atoms with Gasteiger partial charge in [0, 0.05) is 26.2 Å². The molecule has 7 heteroatoms. The van der Waals surface area contributed by atoms with Crippen molar-refractivity contribution < 1.29 is 19.2 Å². The largest absolute Gasteiger partial charge is 0.387 e. The minimum absolute atomic E-state index is 0.0877. The molecule has 1 unspecified atom stereocenters. The predicted octanol–water partition coefficient (Wildman–Crippen LogP) is 2.47. The summed E-state index contributed by atoms with van der Waals surface area (Å²) < 4.78 is 0. The maximum atomic E-state index is 12.6. The number of rotatable bonds is 6. The van der Waals surface area contributed by atoms with Gasteiger partial charge in [-0.15, -0.1) is 0 Å². The number of carbonyl (C=O) groups excluding carboxylic acids is 4. The molecule has 0 saturated carbocycles. The maximum Gasteiger partial charge on any atom is 0.264 e. The van der Waals surface area contributed by atoms with E-state index < -0.39 is 23.8 Å². The van der Waals surface area contributed by atoms with Crippen molar-refractivity contribution in [1.29, 1.82) is 0 Å². The van der Waals surface area contributed by atoms with E-state index >= 15 is 0 Å². The Kier molecular flexibility index (Phi) is 10.6. The van der Waals surface area contributed by atoms with Crippen molar-refractivity contribution in [2.24, 2.45) is 0 Å². The molecule has 1 aliphatic rings. The van der Waals surface area contributed by atoms with Gasteiger partial charge in [0.15, 0.2) is 0 Å². The van der Waals surface area contributed by atoms with Crippen LogP contribution in [-0.2, 0) is 9.59 Å². The van der Waals surface area contributed by atoms with Gasteiger partial charge in [0.2, 0.25) is 5.91 Å². The second-order valence-electron chi connectivity index (χ2n) is 4.83. The molecule has 0 bridgehead atoms. The number of likely N-dealkylation sites (N-methyl/N-ethyl adjacent to an activating group) is 1. The fourth-order valence-electron chi connectivity index (χ4n) is 2.56. The molecule has 3 amide bonds. The van der Waals surface area contributed by atoms with Crippen LogP contribution in [0.5, 0.6) is 0 Å². The lowest BCUT2D eigenvalue weighted by Crippen LogP contribution is -2.48. The molecule has 1 heterocycles. The van der Waals surface area contributed by atoms with E-state index in [0.29, 0.717) is 12.0 Å². The van der Waals surface area contributed by atoms with Gasteiger partial charge in [-0.05, 0) is 18.6 Å². The number of nitrogens with one attached hydrogen (secondary N) is 2. The summed E-state index contributed by atoms with van der Waals surface area (Å²) >= 11 is 0. The zero-order valence-electron chi connectivity index (χ0n) is 16.4. The van der Waals surface area contributed by atoms with Crippen LogP contribution in [0.15, 0.2) is 18.2 Å². The monoisotopic (exact) mass is 363 g/mol. The van der Waals surface area contributed by atoms with Gasteiger partial charge in [-0.1, -0.05) is 33.8 Å². The molecule has 0 radical (unpaired) electrons. The topological polar surface area (TPSA) is 95.6 Å². The average Bonchev–Trinajstić information content (AvgIpc) is 2.96. The highest BCUT2D eigenvalue weighted by Crippen LogP contribution is 2.31. The first-order valence-corrected chi connectivity index (χ1v) is 8.90. The molecule has 7 nitrogen and oxygen atoms in total. The van der Waals surface area contributed by atoms with Gasteiger partial charge in [0.25, 0.3) is 11.8 Å². The molecule has 0 spiro atoms. The first kappa shape index (κ1) is 23.3. The fraction of sp³-hybridized carbons (Fsp3) is 0.474. The summed E-state index contributed by atoms with van der Waals surface area (Å²) in [6, 6.07) is 3.91. The zero-order chi connectivity index (χ0) is 20.3. The normalized spacial score (nSPS) is 12.8. The SMILES string of the molecule is CC.CC.CNC(=O)C(CCC=O)N1C(=O)c2cccc(NC)c2C1=O. The number of benzene rings is 1. The number of carbonyl (C=O) groups is 4. The van der Waals surface area contributed by atoms with Gasteiger partial charge < -0.3 is 15.4 Å². The molecule has 2 N–H and O–H groups in total. The first-order chi connectivity index (χ1) is 12.6. The lowest BCUT2D eigenvalue weighted by molar-refractivity contribution is -0.124. The van der Waals surface area contributed by atoms with E-state index in [2.05, 4.69) is 10.6 Å². The summed E-state index contributed by atoms with van der Waals surface area (Å²) in [4.78, 5) is 48.7. The number of nitrogens with zero attached hydrogens (tertiary/aromatic N) is 1. The minimum atomic E-state index is -0.993. The van der Waals surface area contributed by atoms with Crippen LogP contribution >= 0.6 is 0 Å². The van der Waals surface area contributed by atoms with Crippen LogP contribution in [0.4, 0.5) is 5.69 Å². The standard InChI is InChI=1S/C15H17N3O4.2C2H6/c1-16-10-6-3-5-9-12(10)15(22)18(14(9)21)11(7-4-8-19)13(20)17-2;2*1-2/h3,5-6,8,11,16H,4,7H2,1-2H3,(H,17,20);2*1-2H3. The van der Waals surface area contributed by atoms with E-state index in [1.165, 1.54) is 7.05 Å². The Morgan fingerprint density at radius 1 is 1.12 bits per heavy atom. The third kappa shape index (κ3) is 4.68. The Morgan fingerprint density at radius 3 is 2.23 bits per heavy atom. The highest BCUT2D eigenvalue weighted by atomic mass is 16.2. The molecule has 1 atom stereocenters. The van der Waals surface area contributed by atoms with Gasteiger partial charge in [-0.3, -0.25) is 19.3 Å². The number of amides is 3. The van der Waals surface area contributed by atoms with E-state index in [1.54, 1.807) is 25.2 Å². The summed E-state index contributed by atoms with van der Waals surface area (Å²) in [7, 11) is 3.08. The lowest BCUT2D eigenvalue weighted by atomic mass is 10.1. The van der Waals surface area contributed by atoms with Crippen molar-refractivity contribution in [3.63, 3.8) is 0 Å². The zero-order valence-corrected chi connectivity index (χ0v) is 16.4. The highest BCUT2D eigenvalue weighted by molar-refractivity contribution is 6.25. The Labute approximate surface area is 155 Å². The molecule has 2 rings (SSSR count). The summed E-state index contributed by atoms with van der Waals surface area (Å²) in [6.45, 7) is 8.00. The first-order valence-electron chi connectivity index (χ1n) is 8.90. The van der Waals surface area contributed by atoms with Crippen LogP contribution in [0.1, 0.15) is 61.3 Å². The smallest absolute Gasteiger partial charge is 0.264 e. The Hall–Kier alpha value is -2.70. The van der Waals surface area contributed by atoms with E-state index in [9.17, 15) is 19.2 Å². The van der Waals surface area contributed by atoms with Crippen molar-refractivity contribution in [2.45, 2.75) is 46.6 Å². The Balaban J connectivity index is 0.00000146. The Bertz CT molecular complexity index is 644. The molecule has 0 aliphatic carbocycles. The number of hydrogen-bond donors (Lipinski definition) is 2. The molecule has 0 aromatic heterocycles. The van der Waals surface area contributed by atoms with Crippen LogP contribution in [0.25, 0.3) is 0 Å². The molecule has 0 fully saturated rings. The van der Waals surface area contributed by atoms with Gasteiger partial charge in [-0.25, -0.2) is 0 Å². The van der Waals surface area contributed by atoms with Crippen LogP contribution in [0.3, 0.4) is 0 Å². The quantitative estimate of drug-likeness (QED) is 0.598. The molecular weight excluding hydrogens is 334 g/mol. The summed E-state index contributed by atoms with van der Waals surface area (Å²) in [5.74, 6) is -1.51.